The molecule has 6 heteroatoms. The number of amides is 2. The van der Waals surface area contributed by atoms with E-state index in [1.54, 1.807) is 4.90 Å². The van der Waals surface area contributed by atoms with Gasteiger partial charge < -0.3 is 19.4 Å². The summed E-state index contributed by atoms with van der Waals surface area (Å²) in [6.45, 7) is 4.74. The Kier molecular flexibility index (Phi) is 4.95. The molecule has 2 aliphatic heterocycles. The minimum Gasteiger partial charge on any atom is -0.371 e. The molecule has 2 amide bonds. The van der Waals surface area contributed by atoms with Gasteiger partial charge in [0.1, 0.15) is 6.61 Å². The molecule has 0 aromatic rings. The van der Waals surface area contributed by atoms with Gasteiger partial charge in [0.25, 0.3) is 0 Å². The molecule has 25 heavy (non-hydrogen) atoms. The van der Waals surface area contributed by atoms with E-state index in [0.29, 0.717) is 26.2 Å². The predicted octanol–water partition coefficient (Wildman–Crippen LogP) is 0.980. The highest BCUT2D eigenvalue weighted by Gasteiger charge is 2.53. The number of ether oxygens (including phenoxy) is 1. The Morgan fingerprint density at radius 3 is 2.72 bits per heavy atom. The van der Waals surface area contributed by atoms with Gasteiger partial charge in [-0.1, -0.05) is 19.1 Å². The van der Waals surface area contributed by atoms with Crippen LogP contribution in [0.4, 0.5) is 0 Å². The van der Waals surface area contributed by atoms with E-state index in [1.807, 2.05) is 11.9 Å². The Balaban J connectivity index is 1.84. The van der Waals surface area contributed by atoms with Gasteiger partial charge in [-0.3, -0.25) is 9.59 Å². The van der Waals surface area contributed by atoms with Gasteiger partial charge in [0.05, 0.1) is 12.0 Å². The normalized spacial score (nSPS) is 36.4. The van der Waals surface area contributed by atoms with Gasteiger partial charge >= 0.3 is 0 Å². The summed E-state index contributed by atoms with van der Waals surface area (Å²) in [5.41, 5.74) is -0.522. The lowest BCUT2D eigenvalue weighted by atomic mass is 9.77. The van der Waals surface area contributed by atoms with E-state index in [2.05, 4.69) is 38.1 Å². The molecule has 1 spiro atoms. The quantitative estimate of drug-likeness (QED) is 0.698. The first-order valence-electron chi connectivity index (χ1n) is 9.20. The SMILES string of the molecule is CN1C[C@]2(COCC1=O)CN(C(=O)C1(C)CC=CCC1)C[C@H]2N(C)C. The van der Waals surface area contributed by atoms with Gasteiger partial charge in [0.15, 0.2) is 0 Å². The van der Waals surface area contributed by atoms with Crippen molar-refractivity contribution < 1.29 is 14.3 Å². The summed E-state index contributed by atoms with van der Waals surface area (Å²) in [5, 5.41) is 0. The van der Waals surface area contributed by atoms with Crippen LogP contribution < -0.4 is 0 Å². The van der Waals surface area contributed by atoms with E-state index in [9.17, 15) is 9.59 Å². The highest BCUT2D eigenvalue weighted by atomic mass is 16.5. The summed E-state index contributed by atoms with van der Waals surface area (Å²) in [6, 6.07) is 0.188. The third kappa shape index (κ3) is 3.34. The van der Waals surface area contributed by atoms with Crippen LogP contribution in [0.3, 0.4) is 0 Å². The van der Waals surface area contributed by atoms with Gasteiger partial charge in [-0.15, -0.1) is 0 Å². The monoisotopic (exact) mass is 349 g/mol. The summed E-state index contributed by atoms with van der Waals surface area (Å²) in [7, 11) is 5.94. The second kappa shape index (κ2) is 6.72. The lowest BCUT2D eigenvalue weighted by Crippen LogP contribution is -2.51. The van der Waals surface area contributed by atoms with Crippen LogP contribution in [0.15, 0.2) is 12.2 Å². The third-order valence-electron chi connectivity index (χ3n) is 6.22. The topological polar surface area (TPSA) is 53.1 Å². The molecule has 6 nitrogen and oxygen atoms in total. The maximum absolute atomic E-state index is 13.3. The van der Waals surface area contributed by atoms with Crippen LogP contribution in [0, 0.1) is 10.8 Å². The van der Waals surface area contributed by atoms with Crippen molar-refractivity contribution in [2.45, 2.75) is 32.2 Å². The minimum atomic E-state index is -0.301. The molecule has 2 heterocycles. The van der Waals surface area contributed by atoms with Crippen LogP contribution >= 0.6 is 0 Å². The molecule has 0 aromatic heterocycles. The molecule has 0 radical (unpaired) electrons. The fourth-order valence-corrected chi connectivity index (χ4v) is 4.71. The number of carbonyl (C=O) groups excluding carboxylic acids is 2. The van der Waals surface area contributed by atoms with E-state index < -0.39 is 0 Å². The second-order valence-electron chi connectivity index (χ2n) is 8.54. The highest BCUT2D eigenvalue weighted by Crippen LogP contribution is 2.40. The van der Waals surface area contributed by atoms with Crippen molar-refractivity contribution in [3.05, 3.63) is 12.2 Å². The van der Waals surface area contributed by atoms with Gasteiger partial charge in [0.2, 0.25) is 11.8 Å². The molecule has 0 aromatic carbocycles. The fourth-order valence-electron chi connectivity index (χ4n) is 4.71. The average Bonchev–Trinajstić information content (AvgIpc) is 2.87. The van der Waals surface area contributed by atoms with Gasteiger partial charge in [-0.25, -0.2) is 0 Å². The van der Waals surface area contributed by atoms with Gasteiger partial charge in [-0.05, 0) is 33.4 Å². The predicted molar refractivity (Wildman–Crippen MR) is 96.0 cm³/mol. The summed E-state index contributed by atoms with van der Waals surface area (Å²) < 4.78 is 5.73. The molecule has 140 valence electrons. The van der Waals surface area contributed by atoms with E-state index in [-0.39, 0.29) is 35.3 Å². The number of allylic oxidation sites excluding steroid dienone is 2. The van der Waals surface area contributed by atoms with Crippen LogP contribution in [0.25, 0.3) is 0 Å². The number of carbonyl (C=O) groups is 2. The second-order valence-corrected chi connectivity index (χ2v) is 8.54. The molecule has 2 saturated heterocycles. The number of hydrogen-bond acceptors (Lipinski definition) is 4. The first-order valence-corrected chi connectivity index (χ1v) is 9.20. The number of hydrogen-bond donors (Lipinski definition) is 0. The smallest absolute Gasteiger partial charge is 0.248 e. The lowest BCUT2D eigenvalue weighted by Gasteiger charge is -2.38. The van der Waals surface area contributed by atoms with Crippen molar-refractivity contribution in [1.82, 2.24) is 14.7 Å². The zero-order valence-corrected chi connectivity index (χ0v) is 16.0. The maximum atomic E-state index is 13.3. The minimum absolute atomic E-state index is 0.0172. The first kappa shape index (κ1) is 18.4. The maximum Gasteiger partial charge on any atom is 0.248 e. The number of nitrogens with zero attached hydrogens (tertiary/aromatic N) is 3. The Bertz CT molecular complexity index is 576. The van der Waals surface area contributed by atoms with Crippen LogP contribution in [-0.2, 0) is 14.3 Å². The zero-order chi connectivity index (χ0) is 18.2. The Hall–Kier alpha value is -1.40. The van der Waals surface area contributed by atoms with Crippen molar-refractivity contribution in [2.24, 2.45) is 10.8 Å². The zero-order valence-electron chi connectivity index (χ0n) is 16.0. The molecule has 2 fully saturated rings. The van der Waals surface area contributed by atoms with E-state index in [0.717, 1.165) is 19.3 Å². The summed E-state index contributed by atoms with van der Waals surface area (Å²) in [5.74, 6) is 0.266. The molecule has 3 rings (SSSR count). The van der Waals surface area contributed by atoms with Gasteiger partial charge in [0, 0.05) is 38.1 Å². The Morgan fingerprint density at radius 2 is 2.08 bits per heavy atom. The number of rotatable bonds is 2. The molecular formula is C19H31N3O3. The van der Waals surface area contributed by atoms with Crippen molar-refractivity contribution in [3.8, 4) is 0 Å². The van der Waals surface area contributed by atoms with E-state index in [4.69, 9.17) is 4.74 Å². The summed E-state index contributed by atoms with van der Waals surface area (Å²) in [4.78, 5) is 31.3. The van der Waals surface area contributed by atoms with Crippen molar-refractivity contribution in [1.29, 1.82) is 0 Å². The van der Waals surface area contributed by atoms with Crippen LogP contribution in [0.1, 0.15) is 26.2 Å². The summed E-state index contributed by atoms with van der Waals surface area (Å²) >= 11 is 0. The Labute approximate surface area is 150 Å². The third-order valence-corrected chi connectivity index (χ3v) is 6.22. The van der Waals surface area contributed by atoms with E-state index in [1.165, 1.54) is 0 Å². The highest BCUT2D eigenvalue weighted by molar-refractivity contribution is 5.83. The molecule has 1 aliphatic carbocycles. The largest absolute Gasteiger partial charge is 0.371 e. The van der Waals surface area contributed by atoms with Gasteiger partial charge in [-0.2, -0.15) is 0 Å². The standard InChI is InChI=1S/C19H31N3O3/c1-18(8-6-5-7-9-18)17(24)22-10-15(20(2)3)19(13-22)12-21(4)16(23)11-25-14-19/h5-6,15H,7-14H2,1-4H3/t15-,18?,19-/m1/s1. The molecule has 3 atom stereocenters. The molecule has 1 unspecified atom stereocenters. The van der Waals surface area contributed by atoms with Crippen LogP contribution in [-0.4, -0.2) is 86.5 Å². The summed E-state index contributed by atoms with van der Waals surface area (Å²) in [6.07, 6.45) is 7.00. The molecule has 0 saturated carbocycles. The molecule has 0 N–H and O–H groups in total. The first-order chi connectivity index (χ1) is 11.8. The van der Waals surface area contributed by atoms with E-state index >= 15 is 0 Å². The van der Waals surface area contributed by atoms with Crippen molar-refractivity contribution >= 4 is 11.8 Å². The van der Waals surface area contributed by atoms with Crippen molar-refractivity contribution in [2.75, 3.05) is 54.0 Å². The van der Waals surface area contributed by atoms with Crippen LogP contribution in [0.2, 0.25) is 0 Å². The number of likely N-dealkylation sites (N-methyl/N-ethyl adjacent to an activating group) is 2. The van der Waals surface area contributed by atoms with Crippen molar-refractivity contribution in [3.63, 3.8) is 0 Å². The lowest BCUT2D eigenvalue weighted by molar-refractivity contribution is -0.141. The molecule has 3 aliphatic rings. The fraction of sp³-hybridized carbons (Fsp3) is 0.789. The van der Waals surface area contributed by atoms with Crippen LogP contribution in [0.5, 0.6) is 0 Å². The molecule has 0 bridgehead atoms. The number of likely N-dealkylation sites (tertiary alicyclic amines) is 1. The average molecular weight is 349 g/mol. The Morgan fingerprint density at radius 1 is 1.32 bits per heavy atom. The molecular weight excluding hydrogens is 318 g/mol.